The van der Waals surface area contributed by atoms with Crippen molar-refractivity contribution in [3.05, 3.63) is 24.3 Å². The molecule has 12 heteroatoms. The number of carbonyl (C=O) groups excluding carboxylic acids is 1. The van der Waals surface area contributed by atoms with E-state index in [4.69, 9.17) is 5.11 Å². The molecular formula is C21H32N10O2. The summed E-state index contributed by atoms with van der Waals surface area (Å²) in [5.74, 6) is 0.225. The van der Waals surface area contributed by atoms with Crippen molar-refractivity contribution in [3.8, 4) is 11.4 Å². The first-order valence-corrected chi connectivity index (χ1v) is 11.8. The zero-order chi connectivity index (χ0) is 22.6. The molecule has 4 unspecified atom stereocenters. The Kier molecular flexibility index (Phi) is 6.78. The van der Waals surface area contributed by atoms with Crippen molar-refractivity contribution < 1.29 is 9.90 Å². The lowest BCUT2D eigenvalue weighted by Crippen LogP contribution is -2.76. The quantitative estimate of drug-likeness (QED) is 0.322. The summed E-state index contributed by atoms with van der Waals surface area (Å²) in [6.07, 6.45) is 4.73. The topological polar surface area (TPSA) is 144 Å². The van der Waals surface area contributed by atoms with Crippen LogP contribution in [0.1, 0.15) is 25.7 Å². The van der Waals surface area contributed by atoms with Gasteiger partial charge in [-0.25, -0.2) is 5.43 Å². The highest BCUT2D eigenvalue weighted by atomic mass is 16.3. The summed E-state index contributed by atoms with van der Waals surface area (Å²) < 4.78 is 0. The van der Waals surface area contributed by atoms with Crippen LogP contribution in [0.5, 0.6) is 0 Å². The number of hydrogen-bond acceptors (Lipinski definition) is 10. The Balaban J connectivity index is 1.31. The molecule has 3 aliphatic heterocycles. The average Bonchev–Trinajstić information content (AvgIpc) is 3.12. The molecule has 0 bridgehead atoms. The SMILES string of the molecule is O=C1NNCC2NC(N3CCCCCC3)NC(Nc3ccc(-c4nnn(CCO)n4)cc3)C12. The number of amides is 1. The molecule has 3 aliphatic rings. The number of aliphatic hydroxyl groups is 1. The number of nitrogens with zero attached hydrogens (tertiary/aromatic N) is 5. The Hall–Kier alpha value is -2.64. The van der Waals surface area contributed by atoms with Crippen LogP contribution in [0.25, 0.3) is 11.4 Å². The number of benzene rings is 1. The average molecular weight is 457 g/mol. The number of tetrazole rings is 1. The zero-order valence-corrected chi connectivity index (χ0v) is 18.6. The predicted molar refractivity (Wildman–Crippen MR) is 121 cm³/mol. The minimum absolute atomic E-state index is 0.0135. The standard InChI is InChI=1S/C21H32N10O2/c32-12-11-31-28-18(26-29-31)14-5-7-15(8-6-14)23-19-17-16(13-22-27-20(17)33)24-21(25-19)30-9-3-1-2-4-10-30/h5-8,16-17,19,21-25,32H,1-4,9-13H2,(H,27,33). The number of rotatable bonds is 6. The number of likely N-dealkylation sites (tertiary alicyclic amines) is 1. The molecule has 178 valence electrons. The number of hydrazine groups is 1. The predicted octanol–water partition coefficient (Wildman–Crippen LogP) is -0.958. The molecule has 0 spiro atoms. The number of aromatic nitrogens is 4. The van der Waals surface area contributed by atoms with Crippen LogP contribution in [-0.2, 0) is 11.3 Å². The maximum absolute atomic E-state index is 12.7. The van der Waals surface area contributed by atoms with Crippen LogP contribution in [0.15, 0.2) is 24.3 Å². The molecular weight excluding hydrogens is 424 g/mol. The van der Waals surface area contributed by atoms with Crippen LogP contribution in [0.4, 0.5) is 5.69 Å². The third-order valence-corrected chi connectivity index (χ3v) is 6.56. The Morgan fingerprint density at radius 1 is 1.09 bits per heavy atom. The number of carbonyl (C=O) groups is 1. The van der Waals surface area contributed by atoms with Crippen LogP contribution < -0.4 is 26.8 Å². The molecule has 1 aromatic carbocycles. The second-order valence-corrected chi connectivity index (χ2v) is 8.82. The molecule has 0 saturated carbocycles. The van der Waals surface area contributed by atoms with Crippen molar-refractivity contribution >= 4 is 11.6 Å². The summed E-state index contributed by atoms with van der Waals surface area (Å²) in [6, 6.07) is 7.80. The minimum Gasteiger partial charge on any atom is -0.394 e. The van der Waals surface area contributed by atoms with Crippen molar-refractivity contribution in [2.45, 2.75) is 50.7 Å². The van der Waals surface area contributed by atoms with Gasteiger partial charge < -0.3 is 10.4 Å². The molecule has 0 aliphatic carbocycles. The molecule has 12 nitrogen and oxygen atoms in total. The summed E-state index contributed by atoms with van der Waals surface area (Å²) >= 11 is 0. The lowest BCUT2D eigenvalue weighted by atomic mass is 9.91. The normalized spacial score (nSPS) is 28.6. The summed E-state index contributed by atoms with van der Waals surface area (Å²) in [4.78, 5) is 16.5. The maximum atomic E-state index is 12.7. The fraction of sp³-hybridized carbons (Fsp3) is 0.619. The monoisotopic (exact) mass is 456 g/mol. The van der Waals surface area contributed by atoms with Gasteiger partial charge in [0.25, 0.3) is 0 Å². The Morgan fingerprint density at radius 2 is 1.88 bits per heavy atom. The van der Waals surface area contributed by atoms with E-state index in [2.05, 4.69) is 47.1 Å². The van der Waals surface area contributed by atoms with Gasteiger partial charge in [-0.3, -0.25) is 25.8 Å². The van der Waals surface area contributed by atoms with Crippen LogP contribution in [-0.4, -0.2) is 80.9 Å². The first-order valence-electron chi connectivity index (χ1n) is 11.8. The van der Waals surface area contributed by atoms with Gasteiger partial charge in [0.05, 0.1) is 25.2 Å². The smallest absolute Gasteiger partial charge is 0.242 e. The van der Waals surface area contributed by atoms with E-state index in [1.165, 1.54) is 30.5 Å². The van der Waals surface area contributed by atoms with Gasteiger partial charge in [0.15, 0.2) is 0 Å². The summed E-state index contributed by atoms with van der Waals surface area (Å²) in [5.41, 5.74) is 7.53. The maximum Gasteiger partial charge on any atom is 0.242 e. The van der Waals surface area contributed by atoms with Crippen LogP contribution in [0.2, 0.25) is 0 Å². The molecule has 0 radical (unpaired) electrons. The van der Waals surface area contributed by atoms with Crippen molar-refractivity contribution in [2.24, 2.45) is 5.92 Å². The molecule has 6 N–H and O–H groups in total. The third kappa shape index (κ3) is 4.99. The van der Waals surface area contributed by atoms with E-state index in [1.54, 1.807) is 0 Å². The van der Waals surface area contributed by atoms with E-state index in [9.17, 15) is 4.79 Å². The molecule has 4 atom stereocenters. The van der Waals surface area contributed by atoms with E-state index < -0.39 is 0 Å². The van der Waals surface area contributed by atoms with Gasteiger partial charge in [-0.15, -0.1) is 10.2 Å². The van der Waals surface area contributed by atoms with Gasteiger partial charge in [-0.1, -0.05) is 12.8 Å². The van der Waals surface area contributed by atoms with E-state index in [-0.39, 0.29) is 36.9 Å². The number of aliphatic hydroxyl groups excluding tert-OH is 1. The second-order valence-electron chi connectivity index (χ2n) is 8.82. The highest BCUT2D eigenvalue weighted by Crippen LogP contribution is 2.24. The highest BCUT2D eigenvalue weighted by molar-refractivity contribution is 5.81. The summed E-state index contributed by atoms with van der Waals surface area (Å²) in [7, 11) is 0. The first kappa shape index (κ1) is 22.2. The molecule has 5 rings (SSSR count). The molecule has 4 heterocycles. The zero-order valence-electron chi connectivity index (χ0n) is 18.6. The number of nitrogens with one attached hydrogen (secondary N) is 5. The summed E-state index contributed by atoms with van der Waals surface area (Å²) in [5, 5.41) is 32.1. The largest absolute Gasteiger partial charge is 0.394 e. The fourth-order valence-corrected chi connectivity index (χ4v) is 4.85. The summed E-state index contributed by atoms with van der Waals surface area (Å²) in [6.45, 7) is 3.05. The van der Waals surface area contributed by atoms with Crippen LogP contribution >= 0.6 is 0 Å². The Bertz CT molecular complexity index is 927. The van der Waals surface area contributed by atoms with E-state index >= 15 is 0 Å². The van der Waals surface area contributed by atoms with E-state index in [0.717, 1.165) is 24.3 Å². The van der Waals surface area contributed by atoms with Crippen molar-refractivity contribution in [3.63, 3.8) is 0 Å². The van der Waals surface area contributed by atoms with Gasteiger partial charge in [-0.2, -0.15) is 4.80 Å². The van der Waals surface area contributed by atoms with E-state index in [1.807, 2.05) is 24.3 Å². The van der Waals surface area contributed by atoms with Gasteiger partial charge in [0.1, 0.15) is 6.29 Å². The lowest BCUT2D eigenvalue weighted by Gasteiger charge is -2.48. The van der Waals surface area contributed by atoms with Crippen molar-refractivity contribution in [1.82, 2.24) is 46.6 Å². The molecule has 3 saturated heterocycles. The minimum atomic E-state index is -0.255. The van der Waals surface area contributed by atoms with Gasteiger partial charge in [0, 0.05) is 36.9 Å². The number of hydrogen-bond donors (Lipinski definition) is 6. The molecule has 2 aromatic rings. The van der Waals surface area contributed by atoms with Crippen molar-refractivity contribution in [2.75, 3.05) is 31.6 Å². The van der Waals surface area contributed by atoms with Crippen LogP contribution in [0, 0.1) is 5.92 Å². The first-order chi connectivity index (χ1) is 16.2. The second kappa shape index (κ2) is 10.1. The van der Waals surface area contributed by atoms with E-state index in [0.29, 0.717) is 18.9 Å². The van der Waals surface area contributed by atoms with Crippen molar-refractivity contribution in [1.29, 1.82) is 0 Å². The number of fused-ring (bicyclic) bond motifs is 1. The molecule has 3 fully saturated rings. The van der Waals surface area contributed by atoms with Gasteiger partial charge in [0.2, 0.25) is 11.7 Å². The lowest BCUT2D eigenvalue weighted by molar-refractivity contribution is -0.132. The molecule has 33 heavy (non-hydrogen) atoms. The Morgan fingerprint density at radius 3 is 2.64 bits per heavy atom. The fourth-order valence-electron chi connectivity index (χ4n) is 4.85. The van der Waals surface area contributed by atoms with Gasteiger partial charge in [-0.05, 0) is 42.3 Å². The third-order valence-electron chi connectivity index (χ3n) is 6.56. The Labute approximate surface area is 192 Å². The van der Waals surface area contributed by atoms with Crippen LogP contribution in [0.3, 0.4) is 0 Å². The number of anilines is 1. The van der Waals surface area contributed by atoms with Gasteiger partial charge >= 0.3 is 0 Å². The molecule has 1 aromatic heterocycles. The highest BCUT2D eigenvalue weighted by Gasteiger charge is 2.44. The molecule has 1 amide bonds.